The summed E-state index contributed by atoms with van der Waals surface area (Å²) in [4.78, 5) is 11.4. The topological polar surface area (TPSA) is 46.5 Å². The Balaban J connectivity index is 4.31. The normalized spacial score (nSPS) is 14.7. The van der Waals surface area contributed by atoms with Gasteiger partial charge >= 0.3 is 5.97 Å². The number of unbranched alkanes of at least 4 members (excludes halogenated alkanes) is 6. The summed E-state index contributed by atoms with van der Waals surface area (Å²) in [6, 6.07) is 0. The van der Waals surface area contributed by atoms with Crippen LogP contribution in [0.3, 0.4) is 0 Å². The molecule has 0 saturated heterocycles. The van der Waals surface area contributed by atoms with Crippen LogP contribution < -0.4 is 0 Å². The first-order valence-corrected chi connectivity index (χ1v) is 9.00. The quantitative estimate of drug-likeness (QED) is 0.295. The zero-order valence-electron chi connectivity index (χ0n) is 15.1. The molecule has 0 saturated carbocycles. The van der Waals surface area contributed by atoms with Gasteiger partial charge in [-0.1, -0.05) is 70.8 Å². The Hall–Kier alpha value is -0.830. The molecule has 0 radical (unpaired) electrons. The summed E-state index contributed by atoms with van der Waals surface area (Å²) in [5.41, 5.74) is 0.943. The van der Waals surface area contributed by atoms with Crippen LogP contribution in [-0.4, -0.2) is 24.3 Å². The third kappa shape index (κ3) is 9.99. The van der Waals surface area contributed by atoms with E-state index in [0.717, 1.165) is 31.3 Å². The summed E-state index contributed by atoms with van der Waals surface area (Å²) in [7, 11) is 1.39. The van der Waals surface area contributed by atoms with Crippen LogP contribution in [0.25, 0.3) is 0 Å². The molecule has 0 aromatic carbocycles. The summed E-state index contributed by atoms with van der Waals surface area (Å²) >= 11 is 0. The van der Waals surface area contributed by atoms with Gasteiger partial charge in [0.15, 0.2) is 0 Å². The van der Waals surface area contributed by atoms with Gasteiger partial charge in [-0.2, -0.15) is 0 Å². The van der Waals surface area contributed by atoms with Crippen LogP contribution in [-0.2, 0) is 9.53 Å². The maximum Gasteiger partial charge on any atom is 0.330 e. The van der Waals surface area contributed by atoms with Gasteiger partial charge in [0.25, 0.3) is 0 Å². The fourth-order valence-corrected chi connectivity index (χ4v) is 2.89. The summed E-state index contributed by atoms with van der Waals surface area (Å²) in [5, 5.41) is 10.3. The lowest BCUT2D eigenvalue weighted by atomic mass is 9.86. The van der Waals surface area contributed by atoms with Crippen LogP contribution in [0, 0.1) is 5.92 Å². The second-order valence-electron chi connectivity index (χ2n) is 6.28. The summed E-state index contributed by atoms with van der Waals surface area (Å²) < 4.78 is 4.69. The van der Waals surface area contributed by atoms with Gasteiger partial charge in [0.2, 0.25) is 0 Å². The van der Waals surface area contributed by atoms with Crippen LogP contribution in [0.2, 0.25) is 0 Å². The smallest absolute Gasteiger partial charge is 0.330 e. The highest BCUT2D eigenvalue weighted by molar-refractivity contribution is 5.82. The standard InChI is InChI=1S/C19H36O3/c1-5-7-8-9-10-11-12-14-17(18(20)13-6-2)16(3)15-19(21)22-4/h15,17-18,20H,5-14H2,1-4H3/b16-15+. The molecule has 0 aromatic rings. The fraction of sp³-hybridized carbons (Fsp3) is 0.842. The number of aliphatic hydroxyl groups excluding tert-OH is 1. The molecule has 0 amide bonds. The largest absolute Gasteiger partial charge is 0.466 e. The second kappa shape index (κ2) is 13.8. The van der Waals surface area contributed by atoms with Gasteiger partial charge in [-0.05, 0) is 19.8 Å². The van der Waals surface area contributed by atoms with Crippen molar-refractivity contribution in [2.24, 2.45) is 5.92 Å². The van der Waals surface area contributed by atoms with E-state index in [4.69, 9.17) is 4.74 Å². The van der Waals surface area contributed by atoms with Crippen molar-refractivity contribution in [3.05, 3.63) is 11.6 Å². The summed E-state index contributed by atoms with van der Waals surface area (Å²) in [6.07, 6.45) is 12.7. The lowest BCUT2D eigenvalue weighted by Gasteiger charge is -2.23. The molecule has 0 fully saturated rings. The first kappa shape index (κ1) is 21.2. The number of rotatable bonds is 13. The molecule has 2 atom stereocenters. The first-order chi connectivity index (χ1) is 10.6. The molecule has 0 aliphatic heterocycles. The molecule has 3 nitrogen and oxygen atoms in total. The predicted molar refractivity (Wildman–Crippen MR) is 92.8 cm³/mol. The van der Waals surface area contributed by atoms with Crippen molar-refractivity contribution < 1.29 is 14.6 Å². The van der Waals surface area contributed by atoms with Crippen molar-refractivity contribution in [2.45, 2.75) is 91.1 Å². The molecule has 1 N–H and O–H groups in total. The van der Waals surface area contributed by atoms with Gasteiger partial charge in [0.05, 0.1) is 13.2 Å². The van der Waals surface area contributed by atoms with E-state index in [1.165, 1.54) is 51.7 Å². The van der Waals surface area contributed by atoms with Crippen molar-refractivity contribution in [3.8, 4) is 0 Å². The minimum absolute atomic E-state index is 0.0784. The fourth-order valence-electron chi connectivity index (χ4n) is 2.89. The average Bonchev–Trinajstić information content (AvgIpc) is 2.49. The Morgan fingerprint density at radius 2 is 1.59 bits per heavy atom. The van der Waals surface area contributed by atoms with Gasteiger partial charge in [-0.25, -0.2) is 4.79 Å². The number of carbonyl (C=O) groups is 1. The third-order valence-corrected chi connectivity index (χ3v) is 4.30. The Morgan fingerprint density at radius 3 is 2.14 bits per heavy atom. The highest BCUT2D eigenvalue weighted by atomic mass is 16.5. The van der Waals surface area contributed by atoms with Crippen molar-refractivity contribution in [1.29, 1.82) is 0 Å². The Morgan fingerprint density at radius 1 is 1.00 bits per heavy atom. The number of esters is 1. The Labute approximate surface area is 137 Å². The summed E-state index contributed by atoms with van der Waals surface area (Å²) in [6.45, 7) is 6.24. The molecule has 0 aromatic heterocycles. The minimum Gasteiger partial charge on any atom is -0.466 e. The molecule has 3 heteroatoms. The molecule has 0 rings (SSSR count). The lowest BCUT2D eigenvalue weighted by Crippen LogP contribution is -2.22. The Bertz CT molecular complexity index is 310. The summed E-state index contributed by atoms with van der Waals surface area (Å²) in [5.74, 6) is -0.250. The number of hydrogen-bond donors (Lipinski definition) is 1. The molecule has 0 bridgehead atoms. The van der Waals surface area contributed by atoms with E-state index in [2.05, 4.69) is 13.8 Å². The van der Waals surface area contributed by atoms with Crippen molar-refractivity contribution >= 4 is 5.97 Å². The molecule has 0 aliphatic carbocycles. The molecular weight excluding hydrogens is 276 g/mol. The average molecular weight is 312 g/mol. The highest BCUT2D eigenvalue weighted by Crippen LogP contribution is 2.25. The van der Waals surface area contributed by atoms with Crippen LogP contribution >= 0.6 is 0 Å². The maximum atomic E-state index is 11.4. The van der Waals surface area contributed by atoms with Gasteiger partial charge in [0, 0.05) is 12.0 Å². The predicted octanol–water partition coefficient (Wildman–Crippen LogP) is 5.02. The van der Waals surface area contributed by atoms with E-state index in [1.807, 2.05) is 6.92 Å². The first-order valence-electron chi connectivity index (χ1n) is 9.00. The van der Waals surface area contributed by atoms with E-state index in [1.54, 1.807) is 0 Å². The minimum atomic E-state index is -0.356. The van der Waals surface area contributed by atoms with Gasteiger partial charge < -0.3 is 9.84 Å². The molecule has 130 valence electrons. The van der Waals surface area contributed by atoms with Gasteiger partial charge in [-0.15, -0.1) is 0 Å². The van der Waals surface area contributed by atoms with Crippen LogP contribution in [0.1, 0.15) is 85.0 Å². The number of aliphatic hydroxyl groups is 1. The molecule has 0 spiro atoms. The maximum absolute atomic E-state index is 11.4. The highest BCUT2D eigenvalue weighted by Gasteiger charge is 2.20. The zero-order valence-corrected chi connectivity index (χ0v) is 15.1. The van der Waals surface area contributed by atoms with Crippen LogP contribution in [0.5, 0.6) is 0 Å². The second-order valence-corrected chi connectivity index (χ2v) is 6.28. The molecule has 0 aliphatic rings. The molecular formula is C19H36O3. The van der Waals surface area contributed by atoms with Gasteiger partial charge in [0.1, 0.15) is 0 Å². The van der Waals surface area contributed by atoms with E-state index < -0.39 is 0 Å². The Kier molecular flexibility index (Phi) is 13.3. The van der Waals surface area contributed by atoms with Crippen LogP contribution in [0.4, 0.5) is 0 Å². The van der Waals surface area contributed by atoms with Crippen molar-refractivity contribution in [1.82, 2.24) is 0 Å². The van der Waals surface area contributed by atoms with Crippen LogP contribution in [0.15, 0.2) is 11.6 Å². The number of methoxy groups -OCH3 is 1. The molecule has 2 unspecified atom stereocenters. The number of carbonyl (C=O) groups excluding carboxylic acids is 1. The zero-order chi connectivity index (χ0) is 16.8. The van der Waals surface area contributed by atoms with E-state index in [0.29, 0.717) is 0 Å². The van der Waals surface area contributed by atoms with Gasteiger partial charge in [-0.3, -0.25) is 0 Å². The number of ether oxygens (including phenoxy) is 1. The third-order valence-electron chi connectivity index (χ3n) is 4.30. The van der Waals surface area contributed by atoms with E-state index in [9.17, 15) is 9.90 Å². The van der Waals surface area contributed by atoms with Crippen molar-refractivity contribution in [3.63, 3.8) is 0 Å². The SMILES string of the molecule is CCCCCCCCCC(/C(C)=C/C(=O)OC)C(O)CCC. The number of hydrogen-bond acceptors (Lipinski definition) is 3. The van der Waals surface area contributed by atoms with E-state index >= 15 is 0 Å². The monoisotopic (exact) mass is 312 g/mol. The molecule has 22 heavy (non-hydrogen) atoms. The lowest BCUT2D eigenvalue weighted by molar-refractivity contribution is -0.134. The van der Waals surface area contributed by atoms with Crippen molar-refractivity contribution in [2.75, 3.05) is 7.11 Å². The van der Waals surface area contributed by atoms with E-state index in [-0.39, 0.29) is 18.0 Å². The molecule has 0 heterocycles.